The van der Waals surface area contributed by atoms with Crippen LogP contribution in [-0.2, 0) is 0 Å². The minimum atomic E-state index is -1.61. The molecule has 2 N–H and O–H groups in total. The lowest BCUT2D eigenvalue weighted by molar-refractivity contribution is 0.425. The quantitative estimate of drug-likeness (QED) is 0.515. The second kappa shape index (κ2) is 3.62. The van der Waals surface area contributed by atoms with Gasteiger partial charge >= 0.3 is 7.12 Å². The fourth-order valence-corrected chi connectivity index (χ4v) is 1.19. The molecule has 1 rings (SSSR count). The Labute approximate surface area is 80.1 Å². The molecule has 3 nitrogen and oxygen atoms in total. The molecule has 6 heteroatoms. The average molecular weight is 206 g/mol. The van der Waals surface area contributed by atoms with Crippen molar-refractivity contribution in [3.8, 4) is 0 Å². The van der Waals surface area contributed by atoms with Crippen molar-refractivity contribution < 1.29 is 10.0 Å². The molecule has 0 radical (unpaired) electrons. The van der Waals surface area contributed by atoms with E-state index in [1.807, 2.05) is 0 Å². The minimum absolute atomic E-state index is 0.0144. The third-order valence-corrected chi connectivity index (χ3v) is 2.10. The molecule has 1 heterocycles. The van der Waals surface area contributed by atoms with Gasteiger partial charge in [-0.25, -0.2) is 4.98 Å². The summed E-state index contributed by atoms with van der Waals surface area (Å²) in [7, 11) is -1.61. The topological polar surface area (TPSA) is 53.4 Å². The molecule has 64 valence electrons. The monoisotopic (exact) mass is 205 g/mol. The second-order valence-electron chi connectivity index (χ2n) is 2.35. The van der Waals surface area contributed by atoms with E-state index in [0.717, 1.165) is 0 Å². The van der Waals surface area contributed by atoms with Crippen LogP contribution in [0.3, 0.4) is 0 Å². The predicted octanol–water partition coefficient (Wildman–Crippen LogP) is 0.377. The summed E-state index contributed by atoms with van der Waals surface area (Å²) >= 11 is 11.2. The lowest BCUT2D eigenvalue weighted by atomic mass is 9.81. The van der Waals surface area contributed by atoms with E-state index in [1.165, 1.54) is 6.07 Å². The highest BCUT2D eigenvalue weighted by Gasteiger charge is 2.17. The van der Waals surface area contributed by atoms with E-state index in [2.05, 4.69) is 4.98 Å². The molecule has 0 aromatic carbocycles. The lowest BCUT2D eigenvalue weighted by Crippen LogP contribution is -2.31. The normalized spacial score (nSPS) is 10.1. The van der Waals surface area contributed by atoms with Crippen LogP contribution in [-0.4, -0.2) is 22.2 Å². The Hall–Kier alpha value is -0.285. The number of halogens is 2. The highest BCUT2D eigenvalue weighted by Crippen LogP contribution is 2.13. The SMILES string of the molecule is Cc1cc(B(O)O)c(Cl)nc1Cl. The maximum atomic E-state index is 8.81. The van der Waals surface area contributed by atoms with Crippen molar-refractivity contribution in [2.24, 2.45) is 0 Å². The zero-order valence-electron chi connectivity index (χ0n) is 6.25. The molecular weight excluding hydrogens is 200 g/mol. The molecule has 1 aromatic heterocycles. The number of rotatable bonds is 1. The first-order valence-corrected chi connectivity index (χ1v) is 3.96. The van der Waals surface area contributed by atoms with Crippen LogP contribution in [0.5, 0.6) is 0 Å². The Morgan fingerprint density at radius 2 is 1.92 bits per heavy atom. The summed E-state index contributed by atoms with van der Waals surface area (Å²) in [5.41, 5.74) is 0.822. The van der Waals surface area contributed by atoms with Gasteiger partial charge in [0.05, 0.1) is 0 Å². The van der Waals surface area contributed by atoms with Crippen molar-refractivity contribution >= 4 is 35.8 Å². The van der Waals surface area contributed by atoms with Gasteiger partial charge in [0.1, 0.15) is 10.3 Å². The maximum absolute atomic E-state index is 8.81. The van der Waals surface area contributed by atoms with E-state index < -0.39 is 7.12 Å². The molecule has 0 saturated heterocycles. The third kappa shape index (κ3) is 1.90. The van der Waals surface area contributed by atoms with Crippen LogP contribution >= 0.6 is 23.2 Å². The van der Waals surface area contributed by atoms with Crippen LogP contribution < -0.4 is 5.46 Å². The van der Waals surface area contributed by atoms with Crippen LogP contribution in [0.15, 0.2) is 6.07 Å². The zero-order chi connectivity index (χ0) is 9.30. The fraction of sp³-hybridized carbons (Fsp3) is 0.167. The average Bonchev–Trinajstić information content (AvgIpc) is 1.96. The van der Waals surface area contributed by atoms with Gasteiger partial charge in [-0.3, -0.25) is 0 Å². The number of hydrogen-bond acceptors (Lipinski definition) is 3. The largest absolute Gasteiger partial charge is 0.491 e. The molecule has 0 aliphatic carbocycles. The summed E-state index contributed by atoms with van der Waals surface area (Å²) in [6, 6.07) is 1.49. The van der Waals surface area contributed by atoms with Crippen LogP contribution in [0.2, 0.25) is 10.3 Å². The summed E-state index contributed by atoms with van der Waals surface area (Å²) in [5.74, 6) is 0. The van der Waals surface area contributed by atoms with Gasteiger partial charge in [0.25, 0.3) is 0 Å². The Bertz CT molecular complexity index is 306. The van der Waals surface area contributed by atoms with Crippen LogP contribution in [0.1, 0.15) is 5.56 Å². The number of hydrogen-bond donors (Lipinski definition) is 2. The Balaban J connectivity index is 3.23. The van der Waals surface area contributed by atoms with Crippen molar-refractivity contribution in [2.45, 2.75) is 6.92 Å². The molecule has 0 fully saturated rings. The maximum Gasteiger partial charge on any atom is 0.491 e. The molecule has 0 aliphatic heterocycles. The van der Waals surface area contributed by atoms with E-state index in [9.17, 15) is 0 Å². The molecule has 0 aliphatic rings. The first-order valence-electron chi connectivity index (χ1n) is 3.21. The number of nitrogens with zero attached hydrogens (tertiary/aromatic N) is 1. The lowest BCUT2D eigenvalue weighted by Gasteiger charge is -2.04. The van der Waals surface area contributed by atoms with Crippen LogP contribution in [0.25, 0.3) is 0 Å². The van der Waals surface area contributed by atoms with E-state index in [-0.39, 0.29) is 15.8 Å². The van der Waals surface area contributed by atoms with Gasteiger partial charge in [-0.1, -0.05) is 29.3 Å². The van der Waals surface area contributed by atoms with Crippen molar-refractivity contribution in [1.29, 1.82) is 0 Å². The van der Waals surface area contributed by atoms with E-state index in [0.29, 0.717) is 5.56 Å². The standard InChI is InChI=1S/C6H6BCl2NO2/c1-3-2-4(7(11)12)6(9)10-5(3)8/h2,11-12H,1H3. The van der Waals surface area contributed by atoms with Crippen LogP contribution in [0, 0.1) is 6.92 Å². The number of aryl methyl sites for hydroxylation is 1. The summed E-state index contributed by atoms with van der Waals surface area (Å²) in [6.45, 7) is 1.71. The third-order valence-electron chi connectivity index (χ3n) is 1.41. The van der Waals surface area contributed by atoms with Gasteiger partial charge < -0.3 is 10.0 Å². The first kappa shape index (κ1) is 9.80. The molecule has 0 spiro atoms. The smallest absolute Gasteiger partial charge is 0.423 e. The van der Waals surface area contributed by atoms with E-state index >= 15 is 0 Å². The predicted molar refractivity (Wildman–Crippen MR) is 48.8 cm³/mol. The number of pyridine rings is 1. The first-order chi connectivity index (χ1) is 5.52. The van der Waals surface area contributed by atoms with Crippen molar-refractivity contribution in [3.05, 3.63) is 21.9 Å². The van der Waals surface area contributed by atoms with Gasteiger partial charge in [-0.05, 0) is 12.5 Å². The highest BCUT2D eigenvalue weighted by molar-refractivity contribution is 6.62. The summed E-state index contributed by atoms with van der Waals surface area (Å²) in [4.78, 5) is 3.71. The van der Waals surface area contributed by atoms with Crippen molar-refractivity contribution in [1.82, 2.24) is 4.98 Å². The zero-order valence-corrected chi connectivity index (χ0v) is 7.76. The molecule has 1 aromatic rings. The minimum Gasteiger partial charge on any atom is -0.423 e. The van der Waals surface area contributed by atoms with Crippen molar-refractivity contribution in [2.75, 3.05) is 0 Å². The Kier molecular flexibility index (Phi) is 2.96. The molecule has 0 bridgehead atoms. The molecular formula is C6H6BCl2NO2. The molecule has 0 amide bonds. The van der Waals surface area contributed by atoms with Gasteiger partial charge in [0, 0.05) is 5.46 Å². The highest BCUT2D eigenvalue weighted by atomic mass is 35.5. The van der Waals surface area contributed by atoms with Gasteiger partial charge in [-0.15, -0.1) is 0 Å². The fourth-order valence-electron chi connectivity index (χ4n) is 0.772. The molecule has 0 atom stereocenters. The Morgan fingerprint density at radius 3 is 2.42 bits per heavy atom. The van der Waals surface area contributed by atoms with Gasteiger partial charge in [-0.2, -0.15) is 0 Å². The van der Waals surface area contributed by atoms with Gasteiger partial charge in [0.2, 0.25) is 0 Å². The molecule has 0 saturated carbocycles. The summed E-state index contributed by atoms with van der Waals surface area (Å²) < 4.78 is 0. The van der Waals surface area contributed by atoms with E-state index in [4.69, 9.17) is 33.2 Å². The van der Waals surface area contributed by atoms with E-state index in [1.54, 1.807) is 6.92 Å². The summed E-state index contributed by atoms with van der Waals surface area (Å²) in [6.07, 6.45) is 0. The Morgan fingerprint density at radius 1 is 1.33 bits per heavy atom. The van der Waals surface area contributed by atoms with Crippen LogP contribution in [0.4, 0.5) is 0 Å². The molecule has 0 unspecified atom stereocenters. The van der Waals surface area contributed by atoms with Crippen molar-refractivity contribution in [3.63, 3.8) is 0 Å². The molecule has 12 heavy (non-hydrogen) atoms. The van der Waals surface area contributed by atoms with Gasteiger partial charge in [0.15, 0.2) is 0 Å². The second-order valence-corrected chi connectivity index (χ2v) is 3.07. The summed E-state index contributed by atoms with van der Waals surface area (Å²) in [5, 5.41) is 17.9. The number of aromatic nitrogens is 1.